The normalized spacial score (nSPS) is 11.7. The van der Waals surface area contributed by atoms with Crippen molar-refractivity contribution in [2.24, 2.45) is 0 Å². The Morgan fingerprint density at radius 3 is 2.39 bits per heavy atom. The highest BCUT2D eigenvalue weighted by Gasteiger charge is 2.22. The molecule has 0 radical (unpaired) electrons. The van der Waals surface area contributed by atoms with Gasteiger partial charge in [0, 0.05) is 16.1 Å². The Kier molecular flexibility index (Phi) is 5.44. The predicted octanol–water partition coefficient (Wildman–Crippen LogP) is 4.34. The summed E-state index contributed by atoms with van der Waals surface area (Å²) in [6.07, 6.45) is 0. The van der Waals surface area contributed by atoms with Crippen LogP contribution in [0.5, 0.6) is 0 Å². The van der Waals surface area contributed by atoms with Crippen LogP contribution in [0, 0.1) is 0 Å². The molecule has 0 aliphatic carbocycles. The molecule has 1 aromatic heterocycles. The summed E-state index contributed by atoms with van der Waals surface area (Å²) in [7, 11) is 0. The van der Waals surface area contributed by atoms with Crippen molar-refractivity contribution in [2.45, 2.75) is 10.1 Å². The molecule has 0 saturated heterocycles. The maximum absolute atomic E-state index is 13.1. The van der Waals surface area contributed by atoms with E-state index in [1.165, 1.54) is 11.8 Å². The van der Waals surface area contributed by atoms with Crippen molar-refractivity contribution in [2.75, 3.05) is 5.32 Å². The third-order valence-corrected chi connectivity index (χ3v) is 5.34. The lowest BCUT2D eigenvalue weighted by Crippen LogP contribution is -2.19. The number of aromatic nitrogens is 4. The Bertz CT molecular complexity index is 1040. The van der Waals surface area contributed by atoms with E-state index in [0.717, 1.165) is 16.0 Å². The number of H-pyrrole nitrogens is 1. The third kappa shape index (κ3) is 4.27. The zero-order valence-corrected chi connectivity index (χ0v) is 15.6. The summed E-state index contributed by atoms with van der Waals surface area (Å²) in [5.74, 6) is 0.389. The lowest BCUT2D eigenvalue weighted by Gasteiger charge is -2.17. The van der Waals surface area contributed by atoms with Crippen LogP contribution in [0.1, 0.15) is 10.8 Å². The summed E-state index contributed by atoms with van der Waals surface area (Å²) < 4.78 is 0. The molecular formula is C21H17N5OS. The second-order valence-electron chi connectivity index (χ2n) is 6.03. The number of nitrogens with one attached hydrogen (secondary N) is 2. The molecule has 6 nitrogen and oxygen atoms in total. The maximum atomic E-state index is 13.1. The van der Waals surface area contributed by atoms with E-state index in [2.05, 4.69) is 25.9 Å². The van der Waals surface area contributed by atoms with E-state index in [-0.39, 0.29) is 11.2 Å². The van der Waals surface area contributed by atoms with Crippen LogP contribution in [0.2, 0.25) is 0 Å². The number of benzene rings is 3. The van der Waals surface area contributed by atoms with Gasteiger partial charge in [-0.1, -0.05) is 60.7 Å². The third-order valence-electron chi connectivity index (χ3n) is 4.07. The van der Waals surface area contributed by atoms with Gasteiger partial charge in [0.1, 0.15) is 5.25 Å². The topological polar surface area (TPSA) is 83.6 Å². The van der Waals surface area contributed by atoms with Crippen LogP contribution < -0.4 is 5.32 Å². The van der Waals surface area contributed by atoms with Gasteiger partial charge in [-0.3, -0.25) is 4.79 Å². The van der Waals surface area contributed by atoms with Crippen molar-refractivity contribution in [3.05, 3.63) is 90.5 Å². The van der Waals surface area contributed by atoms with E-state index < -0.39 is 0 Å². The van der Waals surface area contributed by atoms with Crippen molar-refractivity contribution in [3.8, 4) is 11.4 Å². The van der Waals surface area contributed by atoms with E-state index in [9.17, 15) is 4.79 Å². The summed E-state index contributed by atoms with van der Waals surface area (Å²) >= 11 is 1.52. The SMILES string of the molecule is O=C(Nc1cccc(-c2nn[nH]n2)c1)[C@@H](Sc1ccccc1)c1ccccc1. The highest BCUT2D eigenvalue weighted by atomic mass is 32.2. The summed E-state index contributed by atoms with van der Waals surface area (Å²) in [6.45, 7) is 0. The number of nitrogens with zero attached hydrogens (tertiary/aromatic N) is 3. The van der Waals surface area contributed by atoms with Gasteiger partial charge < -0.3 is 5.32 Å². The molecule has 1 amide bonds. The molecule has 1 heterocycles. The van der Waals surface area contributed by atoms with Gasteiger partial charge in [0.15, 0.2) is 0 Å². The molecule has 4 rings (SSSR count). The highest BCUT2D eigenvalue weighted by molar-refractivity contribution is 8.00. The Labute approximate surface area is 166 Å². The number of aromatic amines is 1. The minimum Gasteiger partial charge on any atom is -0.325 e. The molecular weight excluding hydrogens is 370 g/mol. The highest BCUT2D eigenvalue weighted by Crippen LogP contribution is 2.36. The molecule has 0 aliphatic heterocycles. The largest absolute Gasteiger partial charge is 0.325 e. The molecule has 0 fully saturated rings. The predicted molar refractivity (Wildman–Crippen MR) is 110 cm³/mol. The number of thioether (sulfide) groups is 1. The number of hydrogen-bond acceptors (Lipinski definition) is 5. The number of anilines is 1. The fourth-order valence-corrected chi connectivity index (χ4v) is 3.81. The summed E-state index contributed by atoms with van der Waals surface area (Å²) in [5.41, 5.74) is 2.41. The van der Waals surface area contributed by atoms with E-state index in [4.69, 9.17) is 0 Å². The zero-order chi connectivity index (χ0) is 19.2. The van der Waals surface area contributed by atoms with Crippen LogP contribution in [0.25, 0.3) is 11.4 Å². The minimum atomic E-state index is -0.377. The number of tetrazole rings is 1. The molecule has 0 spiro atoms. The van der Waals surface area contributed by atoms with Gasteiger partial charge in [0.25, 0.3) is 0 Å². The molecule has 4 aromatic rings. The van der Waals surface area contributed by atoms with Gasteiger partial charge in [0.2, 0.25) is 11.7 Å². The van der Waals surface area contributed by atoms with Crippen LogP contribution in [-0.2, 0) is 4.79 Å². The van der Waals surface area contributed by atoms with Gasteiger partial charge in [0.05, 0.1) is 0 Å². The molecule has 138 valence electrons. The maximum Gasteiger partial charge on any atom is 0.242 e. The lowest BCUT2D eigenvalue weighted by atomic mass is 10.1. The second kappa shape index (κ2) is 8.49. The zero-order valence-electron chi connectivity index (χ0n) is 14.8. The van der Waals surface area contributed by atoms with Crippen LogP contribution in [-0.4, -0.2) is 26.5 Å². The van der Waals surface area contributed by atoms with Crippen molar-refractivity contribution in [3.63, 3.8) is 0 Å². The van der Waals surface area contributed by atoms with Crippen molar-refractivity contribution in [1.82, 2.24) is 20.6 Å². The van der Waals surface area contributed by atoms with Crippen LogP contribution in [0.3, 0.4) is 0 Å². The Balaban J connectivity index is 1.58. The number of amides is 1. The molecule has 0 aliphatic rings. The van der Waals surface area contributed by atoms with E-state index >= 15 is 0 Å². The lowest BCUT2D eigenvalue weighted by molar-refractivity contribution is -0.115. The number of rotatable bonds is 6. The Morgan fingerprint density at radius 1 is 0.929 bits per heavy atom. The molecule has 0 bridgehead atoms. The van der Waals surface area contributed by atoms with Crippen molar-refractivity contribution in [1.29, 1.82) is 0 Å². The number of carbonyl (C=O) groups is 1. The summed E-state index contributed by atoms with van der Waals surface area (Å²) in [4.78, 5) is 14.2. The molecule has 28 heavy (non-hydrogen) atoms. The van der Waals surface area contributed by atoms with Gasteiger partial charge in [-0.15, -0.1) is 22.0 Å². The second-order valence-corrected chi connectivity index (χ2v) is 7.21. The van der Waals surface area contributed by atoms with Gasteiger partial charge in [-0.25, -0.2) is 0 Å². The molecule has 2 N–H and O–H groups in total. The first-order chi connectivity index (χ1) is 13.8. The first-order valence-corrected chi connectivity index (χ1v) is 9.59. The molecule has 7 heteroatoms. The number of hydrogen-bond donors (Lipinski definition) is 2. The summed E-state index contributed by atoms with van der Waals surface area (Å²) in [6, 6.07) is 27.1. The average molecular weight is 387 g/mol. The molecule has 0 saturated carbocycles. The first kappa shape index (κ1) is 17.9. The average Bonchev–Trinajstić information content (AvgIpc) is 3.28. The minimum absolute atomic E-state index is 0.0923. The first-order valence-electron chi connectivity index (χ1n) is 8.71. The van der Waals surface area contributed by atoms with Crippen LogP contribution in [0.15, 0.2) is 89.8 Å². The van der Waals surface area contributed by atoms with Gasteiger partial charge in [-0.05, 0) is 35.0 Å². The fourth-order valence-electron chi connectivity index (χ4n) is 2.76. The smallest absolute Gasteiger partial charge is 0.242 e. The molecule has 3 aromatic carbocycles. The van der Waals surface area contributed by atoms with Crippen LogP contribution >= 0.6 is 11.8 Å². The van der Waals surface area contributed by atoms with Gasteiger partial charge >= 0.3 is 0 Å². The van der Waals surface area contributed by atoms with Crippen LogP contribution in [0.4, 0.5) is 5.69 Å². The standard InChI is InChI=1S/C21H17N5OS/c27-21(22-17-11-7-10-16(14-17)20-23-25-26-24-20)19(15-8-3-1-4-9-15)28-18-12-5-2-6-13-18/h1-14,19H,(H,22,27)(H,23,24,25,26)/t19-/m0/s1. The van der Waals surface area contributed by atoms with Crippen molar-refractivity contribution < 1.29 is 4.79 Å². The van der Waals surface area contributed by atoms with E-state index in [1.54, 1.807) is 0 Å². The van der Waals surface area contributed by atoms with Gasteiger partial charge in [-0.2, -0.15) is 5.21 Å². The molecule has 1 atom stereocenters. The monoisotopic (exact) mass is 387 g/mol. The quantitative estimate of drug-likeness (QED) is 0.481. The molecule has 0 unspecified atom stereocenters. The Morgan fingerprint density at radius 2 is 1.68 bits per heavy atom. The van der Waals surface area contributed by atoms with E-state index in [0.29, 0.717) is 11.5 Å². The number of carbonyl (C=O) groups excluding carboxylic acids is 1. The fraction of sp³-hybridized carbons (Fsp3) is 0.0476. The Hall–Kier alpha value is -3.45. The summed E-state index contributed by atoms with van der Waals surface area (Å²) in [5, 5.41) is 16.6. The van der Waals surface area contributed by atoms with E-state index in [1.807, 2.05) is 84.9 Å². The van der Waals surface area contributed by atoms with Crippen molar-refractivity contribution >= 4 is 23.4 Å².